The van der Waals surface area contributed by atoms with Crippen molar-refractivity contribution in [3.8, 4) is 0 Å². The van der Waals surface area contributed by atoms with Gasteiger partial charge in [-0.2, -0.15) is 0 Å². The zero-order chi connectivity index (χ0) is 12.8. The van der Waals surface area contributed by atoms with Crippen molar-refractivity contribution in [2.24, 2.45) is 0 Å². The van der Waals surface area contributed by atoms with Gasteiger partial charge in [0.2, 0.25) is 5.91 Å². The first-order valence-corrected chi connectivity index (χ1v) is 5.53. The van der Waals surface area contributed by atoms with E-state index in [1.807, 2.05) is 19.9 Å². The molecule has 0 fully saturated rings. The lowest BCUT2D eigenvalue weighted by atomic mass is 9.97. The summed E-state index contributed by atoms with van der Waals surface area (Å²) < 4.78 is 0. The highest BCUT2D eigenvalue weighted by molar-refractivity contribution is 5.87. The first kappa shape index (κ1) is 14.9. The van der Waals surface area contributed by atoms with Gasteiger partial charge in [-0.05, 0) is 40.2 Å². The number of hydrogen-bond donors (Lipinski definition) is 2. The molecular formula is C13H24N2O. The van der Waals surface area contributed by atoms with Crippen molar-refractivity contribution < 1.29 is 4.79 Å². The number of carbonyl (C=O) groups is 1. The molecule has 0 aromatic carbocycles. The molecule has 0 atom stereocenters. The van der Waals surface area contributed by atoms with Crippen LogP contribution in [0, 0.1) is 0 Å². The lowest BCUT2D eigenvalue weighted by Crippen LogP contribution is -2.54. The van der Waals surface area contributed by atoms with Crippen LogP contribution in [0.25, 0.3) is 0 Å². The van der Waals surface area contributed by atoms with E-state index in [0.29, 0.717) is 6.54 Å². The summed E-state index contributed by atoms with van der Waals surface area (Å²) in [5, 5.41) is 6.28. The van der Waals surface area contributed by atoms with E-state index in [4.69, 9.17) is 0 Å². The van der Waals surface area contributed by atoms with Gasteiger partial charge in [-0.1, -0.05) is 12.7 Å². The number of carbonyl (C=O) groups excluding carboxylic acids is 1. The monoisotopic (exact) mass is 224 g/mol. The summed E-state index contributed by atoms with van der Waals surface area (Å²) in [5.41, 5.74) is -0.290. The van der Waals surface area contributed by atoms with Gasteiger partial charge in [-0.25, -0.2) is 0 Å². The zero-order valence-electron chi connectivity index (χ0n) is 10.9. The maximum absolute atomic E-state index is 11.2. The largest absolute Gasteiger partial charge is 0.346 e. The number of nitrogens with one attached hydrogen (secondary N) is 2. The molecule has 0 unspecified atom stereocenters. The molecule has 0 bridgehead atoms. The van der Waals surface area contributed by atoms with E-state index in [9.17, 15) is 4.79 Å². The molecule has 0 radical (unpaired) electrons. The average molecular weight is 224 g/mol. The van der Waals surface area contributed by atoms with Crippen LogP contribution >= 0.6 is 0 Å². The molecular weight excluding hydrogens is 200 g/mol. The Morgan fingerprint density at radius 3 is 2.19 bits per heavy atom. The van der Waals surface area contributed by atoms with Crippen LogP contribution in [-0.2, 0) is 4.79 Å². The summed E-state index contributed by atoms with van der Waals surface area (Å²) in [5.74, 6) is -0.145. The smallest absolute Gasteiger partial charge is 0.243 e. The van der Waals surface area contributed by atoms with Crippen LogP contribution in [0.3, 0.4) is 0 Å². The van der Waals surface area contributed by atoms with Gasteiger partial charge in [0, 0.05) is 17.6 Å². The van der Waals surface area contributed by atoms with Gasteiger partial charge in [-0.15, -0.1) is 6.58 Å². The Bertz CT molecular complexity index is 267. The fourth-order valence-corrected chi connectivity index (χ4v) is 1.32. The van der Waals surface area contributed by atoms with Crippen molar-refractivity contribution >= 4 is 5.91 Å². The molecule has 0 aliphatic heterocycles. The summed E-state index contributed by atoms with van der Waals surface area (Å²) in [6.45, 7) is 16.0. The third kappa shape index (κ3) is 6.40. The van der Waals surface area contributed by atoms with Crippen LogP contribution in [0.15, 0.2) is 25.3 Å². The number of rotatable bonds is 7. The Labute approximate surface area is 99.0 Å². The van der Waals surface area contributed by atoms with Crippen LogP contribution in [0.4, 0.5) is 0 Å². The first-order valence-electron chi connectivity index (χ1n) is 5.53. The Balaban J connectivity index is 4.21. The van der Waals surface area contributed by atoms with Gasteiger partial charge in [0.25, 0.3) is 0 Å². The van der Waals surface area contributed by atoms with E-state index in [-0.39, 0.29) is 17.0 Å². The van der Waals surface area contributed by atoms with Crippen molar-refractivity contribution in [1.29, 1.82) is 0 Å². The summed E-state index contributed by atoms with van der Waals surface area (Å²) in [7, 11) is 0. The summed E-state index contributed by atoms with van der Waals surface area (Å²) in [6, 6.07) is 0. The van der Waals surface area contributed by atoms with Gasteiger partial charge in [0.15, 0.2) is 0 Å². The van der Waals surface area contributed by atoms with Crippen molar-refractivity contribution in [3.63, 3.8) is 0 Å². The second-order valence-corrected chi connectivity index (χ2v) is 5.31. The normalized spacial score (nSPS) is 12.0. The highest BCUT2D eigenvalue weighted by Gasteiger charge is 2.23. The van der Waals surface area contributed by atoms with Crippen LogP contribution in [0.1, 0.15) is 34.1 Å². The fourth-order valence-electron chi connectivity index (χ4n) is 1.32. The van der Waals surface area contributed by atoms with E-state index in [1.54, 1.807) is 0 Å². The quantitative estimate of drug-likeness (QED) is 0.513. The Morgan fingerprint density at radius 1 is 1.19 bits per heavy atom. The molecule has 0 aromatic rings. The van der Waals surface area contributed by atoms with Gasteiger partial charge >= 0.3 is 0 Å². The van der Waals surface area contributed by atoms with Gasteiger partial charge in [-0.3, -0.25) is 4.79 Å². The Hall–Kier alpha value is -1.09. The van der Waals surface area contributed by atoms with E-state index < -0.39 is 0 Å². The third-order valence-electron chi connectivity index (χ3n) is 2.31. The van der Waals surface area contributed by atoms with Crippen LogP contribution < -0.4 is 10.6 Å². The molecule has 1 amide bonds. The molecule has 16 heavy (non-hydrogen) atoms. The highest BCUT2D eigenvalue weighted by atomic mass is 16.1. The lowest BCUT2D eigenvalue weighted by Gasteiger charge is -2.32. The maximum atomic E-state index is 11.2. The minimum atomic E-state index is -0.288. The molecule has 92 valence electrons. The lowest BCUT2D eigenvalue weighted by molar-refractivity contribution is -0.118. The molecule has 0 aliphatic rings. The van der Waals surface area contributed by atoms with Gasteiger partial charge in [0.1, 0.15) is 0 Å². The van der Waals surface area contributed by atoms with Crippen molar-refractivity contribution in [2.45, 2.75) is 45.2 Å². The molecule has 0 spiro atoms. The average Bonchev–Trinajstić information content (AvgIpc) is 2.14. The molecule has 0 saturated heterocycles. The predicted molar refractivity (Wildman–Crippen MR) is 69.3 cm³/mol. The minimum absolute atomic E-state index is 0.00206. The highest BCUT2D eigenvalue weighted by Crippen LogP contribution is 2.10. The summed E-state index contributed by atoms with van der Waals surface area (Å²) in [6.07, 6.45) is 4.07. The van der Waals surface area contributed by atoms with E-state index >= 15 is 0 Å². The van der Waals surface area contributed by atoms with E-state index in [1.165, 1.54) is 6.08 Å². The summed E-state index contributed by atoms with van der Waals surface area (Å²) >= 11 is 0. The molecule has 3 nitrogen and oxygen atoms in total. The molecule has 3 heteroatoms. The van der Waals surface area contributed by atoms with Crippen molar-refractivity contribution in [3.05, 3.63) is 25.3 Å². The molecule has 0 heterocycles. The van der Waals surface area contributed by atoms with Crippen LogP contribution in [0.5, 0.6) is 0 Å². The Kier molecular flexibility index (Phi) is 5.45. The Morgan fingerprint density at radius 2 is 1.75 bits per heavy atom. The zero-order valence-corrected chi connectivity index (χ0v) is 10.9. The molecule has 0 rings (SSSR count). The molecule has 0 saturated carbocycles. The van der Waals surface area contributed by atoms with Crippen LogP contribution in [-0.4, -0.2) is 23.5 Å². The maximum Gasteiger partial charge on any atom is 0.243 e. The standard InChI is InChI=1S/C13H24N2O/c1-7-9-12(3,4)14-10-13(5,6)15-11(16)8-2/h7-8,14H,1-2,9-10H2,3-6H3,(H,15,16). The number of hydrogen-bond acceptors (Lipinski definition) is 2. The second-order valence-electron chi connectivity index (χ2n) is 5.31. The van der Waals surface area contributed by atoms with Crippen LogP contribution in [0.2, 0.25) is 0 Å². The number of amides is 1. The van der Waals surface area contributed by atoms with Crippen molar-refractivity contribution in [2.75, 3.05) is 6.54 Å². The predicted octanol–water partition coefficient (Wildman–Crippen LogP) is 2.01. The van der Waals surface area contributed by atoms with Gasteiger partial charge < -0.3 is 10.6 Å². The molecule has 0 aromatic heterocycles. The second kappa shape index (κ2) is 5.85. The summed E-state index contributed by atoms with van der Waals surface area (Å²) in [4.78, 5) is 11.2. The third-order valence-corrected chi connectivity index (χ3v) is 2.31. The topological polar surface area (TPSA) is 41.1 Å². The van der Waals surface area contributed by atoms with Crippen molar-refractivity contribution in [1.82, 2.24) is 10.6 Å². The van der Waals surface area contributed by atoms with E-state index in [2.05, 4.69) is 37.6 Å². The van der Waals surface area contributed by atoms with E-state index in [0.717, 1.165) is 6.42 Å². The fraction of sp³-hybridized carbons (Fsp3) is 0.615. The molecule has 2 N–H and O–H groups in total. The SMILES string of the molecule is C=CCC(C)(C)NCC(C)(C)NC(=O)C=C. The first-order chi connectivity index (χ1) is 7.22. The van der Waals surface area contributed by atoms with Gasteiger partial charge in [0.05, 0.1) is 0 Å². The minimum Gasteiger partial charge on any atom is -0.346 e. The molecule has 0 aliphatic carbocycles.